The summed E-state index contributed by atoms with van der Waals surface area (Å²) in [5, 5.41) is 4.02. The highest BCUT2D eigenvalue weighted by Crippen LogP contribution is 2.22. The maximum Gasteiger partial charge on any atom is 0.122 e. The molecule has 0 spiro atoms. The fourth-order valence-corrected chi connectivity index (χ4v) is 1.91. The number of halogens is 1. The van der Waals surface area contributed by atoms with Crippen molar-refractivity contribution in [3.8, 4) is 5.75 Å². The molecule has 0 bridgehead atoms. The number of nitrogens with two attached hydrogens (primary N) is 1. The van der Waals surface area contributed by atoms with Crippen molar-refractivity contribution >= 4 is 23.0 Å². The van der Waals surface area contributed by atoms with Crippen LogP contribution in [0, 0.1) is 0 Å². The van der Waals surface area contributed by atoms with E-state index in [1.165, 1.54) is 0 Å². The smallest absolute Gasteiger partial charge is 0.122 e. The molecule has 0 atom stereocenters. The van der Waals surface area contributed by atoms with E-state index in [9.17, 15) is 0 Å². The molecule has 0 saturated heterocycles. The lowest BCUT2D eigenvalue weighted by Gasteiger charge is -2.09. The van der Waals surface area contributed by atoms with E-state index in [4.69, 9.17) is 22.1 Å². The molecule has 0 heterocycles. The zero-order chi connectivity index (χ0) is 13.0. The third-order valence-corrected chi connectivity index (χ3v) is 2.79. The summed E-state index contributed by atoms with van der Waals surface area (Å²) >= 11 is 5.93. The van der Waals surface area contributed by atoms with Gasteiger partial charge in [-0.1, -0.05) is 23.7 Å². The molecular formula is C14H15ClN2O. The molecule has 3 nitrogen and oxygen atoms in total. The molecule has 0 fully saturated rings. The number of rotatable bonds is 4. The van der Waals surface area contributed by atoms with Crippen LogP contribution in [0.4, 0.5) is 11.4 Å². The first-order chi connectivity index (χ1) is 8.67. The standard InChI is InChI=1S/C14H15ClN2O/c1-18-14-7-12(16)6-13(8-14)17-9-10-3-2-4-11(15)5-10/h2-8,17H,9,16H2,1H3. The zero-order valence-electron chi connectivity index (χ0n) is 10.1. The summed E-state index contributed by atoms with van der Waals surface area (Å²) in [6.07, 6.45) is 0. The largest absolute Gasteiger partial charge is 0.497 e. The highest BCUT2D eigenvalue weighted by molar-refractivity contribution is 6.30. The Bertz CT molecular complexity index is 543. The van der Waals surface area contributed by atoms with Crippen LogP contribution >= 0.6 is 11.6 Å². The van der Waals surface area contributed by atoms with Crippen molar-refractivity contribution < 1.29 is 4.74 Å². The second kappa shape index (κ2) is 5.65. The summed E-state index contributed by atoms with van der Waals surface area (Å²) in [5.41, 5.74) is 8.49. The maximum absolute atomic E-state index is 5.93. The Kier molecular flexibility index (Phi) is 3.95. The van der Waals surface area contributed by atoms with Gasteiger partial charge >= 0.3 is 0 Å². The number of benzene rings is 2. The van der Waals surface area contributed by atoms with Crippen molar-refractivity contribution in [2.45, 2.75) is 6.54 Å². The van der Waals surface area contributed by atoms with E-state index in [1.54, 1.807) is 13.2 Å². The van der Waals surface area contributed by atoms with Gasteiger partial charge in [-0.05, 0) is 23.8 Å². The second-order valence-corrected chi connectivity index (χ2v) is 4.41. The van der Waals surface area contributed by atoms with Crippen LogP contribution in [0.3, 0.4) is 0 Å². The van der Waals surface area contributed by atoms with Crippen LogP contribution < -0.4 is 15.8 Å². The number of ether oxygens (including phenoxy) is 1. The zero-order valence-corrected chi connectivity index (χ0v) is 10.9. The molecule has 0 aliphatic rings. The number of hydrogen-bond acceptors (Lipinski definition) is 3. The van der Waals surface area contributed by atoms with Gasteiger partial charge < -0.3 is 15.8 Å². The Labute approximate surface area is 112 Å². The molecule has 0 aliphatic carbocycles. The average Bonchev–Trinajstić information content (AvgIpc) is 2.36. The van der Waals surface area contributed by atoms with Crippen LogP contribution in [-0.2, 0) is 6.54 Å². The van der Waals surface area contributed by atoms with Crippen LogP contribution in [0.5, 0.6) is 5.75 Å². The van der Waals surface area contributed by atoms with E-state index in [-0.39, 0.29) is 0 Å². The van der Waals surface area contributed by atoms with E-state index >= 15 is 0 Å². The van der Waals surface area contributed by atoms with Crippen molar-refractivity contribution in [3.05, 3.63) is 53.1 Å². The van der Waals surface area contributed by atoms with E-state index in [0.29, 0.717) is 12.2 Å². The van der Waals surface area contributed by atoms with Gasteiger partial charge in [0, 0.05) is 35.1 Å². The van der Waals surface area contributed by atoms with Gasteiger partial charge in [-0.25, -0.2) is 0 Å². The summed E-state index contributed by atoms with van der Waals surface area (Å²) in [4.78, 5) is 0. The minimum absolute atomic E-state index is 0.669. The minimum atomic E-state index is 0.669. The van der Waals surface area contributed by atoms with Gasteiger partial charge in [0.1, 0.15) is 5.75 Å². The second-order valence-electron chi connectivity index (χ2n) is 3.98. The number of anilines is 2. The molecule has 2 aromatic carbocycles. The van der Waals surface area contributed by atoms with Gasteiger partial charge in [-0.2, -0.15) is 0 Å². The van der Waals surface area contributed by atoms with Gasteiger partial charge in [0.15, 0.2) is 0 Å². The average molecular weight is 263 g/mol. The van der Waals surface area contributed by atoms with Crippen molar-refractivity contribution in [3.63, 3.8) is 0 Å². The Morgan fingerprint density at radius 1 is 1.22 bits per heavy atom. The summed E-state index contributed by atoms with van der Waals surface area (Å²) in [7, 11) is 1.62. The maximum atomic E-state index is 5.93. The van der Waals surface area contributed by atoms with Crippen LogP contribution in [0.2, 0.25) is 5.02 Å². The number of hydrogen-bond donors (Lipinski definition) is 2. The molecule has 0 saturated carbocycles. The normalized spacial score (nSPS) is 10.1. The lowest BCUT2D eigenvalue weighted by Crippen LogP contribution is -2.00. The van der Waals surface area contributed by atoms with Gasteiger partial charge in [0.2, 0.25) is 0 Å². The Morgan fingerprint density at radius 3 is 2.78 bits per heavy atom. The Hall–Kier alpha value is -1.87. The third kappa shape index (κ3) is 3.31. The van der Waals surface area contributed by atoms with Crippen LogP contribution in [0.15, 0.2) is 42.5 Å². The highest BCUT2D eigenvalue weighted by atomic mass is 35.5. The number of nitrogens with one attached hydrogen (secondary N) is 1. The van der Waals surface area contributed by atoms with E-state index in [0.717, 1.165) is 22.0 Å². The van der Waals surface area contributed by atoms with E-state index in [2.05, 4.69) is 5.32 Å². The van der Waals surface area contributed by atoms with Gasteiger partial charge in [-0.15, -0.1) is 0 Å². The molecular weight excluding hydrogens is 248 g/mol. The molecule has 3 N–H and O–H groups in total. The first-order valence-electron chi connectivity index (χ1n) is 5.60. The van der Waals surface area contributed by atoms with Crippen molar-refractivity contribution in [2.24, 2.45) is 0 Å². The highest BCUT2D eigenvalue weighted by Gasteiger charge is 2.00. The fraction of sp³-hybridized carbons (Fsp3) is 0.143. The molecule has 2 rings (SSSR count). The fourth-order valence-electron chi connectivity index (χ4n) is 1.69. The van der Waals surface area contributed by atoms with Gasteiger partial charge in [-0.3, -0.25) is 0 Å². The summed E-state index contributed by atoms with van der Waals surface area (Å²) in [6.45, 7) is 0.688. The first kappa shape index (κ1) is 12.6. The molecule has 94 valence electrons. The lowest BCUT2D eigenvalue weighted by atomic mass is 10.2. The van der Waals surface area contributed by atoms with Crippen molar-refractivity contribution in [1.29, 1.82) is 0 Å². The molecule has 0 aromatic heterocycles. The van der Waals surface area contributed by atoms with E-state index < -0.39 is 0 Å². The minimum Gasteiger partial charge on any atom is -0.497 e. The summed E-state index contributed by atoms with van der Waals surface area (Å²) in [5.74, 6) is 0.739. The molecule has 0 amide bonds. The van der Waals surface area contributed by atoms with Crippen LogP contribution in [-0.4, -0.2) is 7.11 Å². The molecule has 18 heavy (non-hydrogen) atoms. The van der Waals surface area contributed by atoms with Crippen LogP contribution in [0.25, 0.3) is 0 Å². The summed E-state index contributed by atoms with van der Waals surface area (Å²) in [6, 6.07) is 13.3. The Balaban J connectivity index is 2.08. The quantitative estimate of drug-likeness (QED) is 0.829. The number of methoxy groups -OCH3 is 1. The molecule has 4 heteroatoms. The van der Waals surface area contributed by atoms with Gasteiger partial charge in [0.05, 0.1) is 7.11 Å². The predicted molar refractivity (Wildman–Crippen MR) is 76.2 cm³/mol. The molecule has 0 unspecified atom stereocenters. The molecule has 2 aromatic rings. The third-order valence-electron chi connectivity index (χ3n) is 2.55. The van der Waals surface area contributed by atoms with Crippen LogP contribution in [0.1, 0.15) is 5.56 Å². The SMILES string of the molecule is COc1cc(N)cc(NCc2cccc(Cl)c2)c1. The van der Waals surface area contributed by atoms with Gasteiger partial charge in [0.25, 0.3) is 0 Å². The monoisotopic (exact) mass is 262 g/mol. The topological polar surface area (TPSA) is 47.3 Å². The van der Waals surface area contributed by atoms with Crippen molar-refractivity contribution in [2.75, 3.05) is 18.2 Å². The lowest BCUT2D eigenvalue weighted by molar-refractivity contribution is 0.415. The summed E-state index contributed by atoms with van der Waals surface area (Å²) < 4.78 is 5.17. The van der Waals surface area contributed by atoms with Crippen molar-refractivity contribution in [1.82, 2.24) is 0 Å². The van der Waals surface area contributed by atoms with E-state index in [1.807, 2.05) is 36.4 Å². The molecule has 0 aliphatic heterocycles. The number of nitrogen functional groups attached to an aromatic ring is 1. The molecule has 0 radical (unpaired) electrons. The Morgan fingerprint density at radius 2 is 2.06 bits per heavy atom. The first-order valence-corrected chi connectivity index (χ1v) is 5.98. The predicted octanol–water partition coefficient (Wildman–Crippen LogP) is 3.54.